The zero-order chi connectivity index (χ0) is 15.0. The molecule has 7 nitrogen and oxygen atoms in total. The van der Waals surface area contributed by atoms with E-state index in [-0.39, 0.29) is 23.2 Å². The highest BCUT2D eigenvalue weighted by Gasteiger charge is 2.31. The molecule has 0 bridgehead atoms. The molecule has 108 valence electrons. The van der Waals surface area contributed by atoms with Gasteiger partial charge in [0, 0.05) is 26.6 Å². The average molecular weight is 287 g/mol. The molecule has 0 saturated carbocycles. The van der Waals surface area contributed by atoms with E-state index in [1.54, 1.807) is 32.5 Å². The van der Waals surface area contributed by atoms with Crippen LogP contribution in [0.3, 0.4) is 0 Å². The van der Waals surface area contributed by atoms with Gasteiger partial charge in [0.15, 0.2) is 0 Å². The van der Waals surface area contributed by atoms with E-state index < -0.39 is 10.0 Å². The van der Waals surface area contributed by atoms with Gasteiger partial charge in [-0.25, -0.2) is 8.42 Å². The van der Waals surface area contributed by atoms with Crippen LogP contribution in [0.2, 0.25) is 0 Å². The number of nitrogens with one attached hydrogen (secondary N) is 1. The van der Waals surface area contributed by atoms with Gasteiger partial charge >= 0.3 is 0 Å². The van der Waals surface area contributed by atoms with Crippen LogP contribution in [-0.2, 0) is 17.1 Å². The molecule has 0 saturated heterocycles. The summed E-state index contributed by atoms with van der Waals surface area (Å²) in [5, 5.41) is 11.4. The summed E-state index contributed by atoms with van der Waals surface area (Å²) in [7, 11) is -0.423. The van der Waals surface area contributed by atoms with Gasteiger partial charge in [0.1, 0.15) is 4.90 Å². The molecule has 0 aromatic carbocycles. The fourth-order valence-corrected chi connectivity index (χ4v) is 3.71. The summed E-state index contributed by atoms with van der Waals surface area (Å²) in [6.07, 6.45) is 0.202. The van der Waals surface area contributed by atoms with Crippen LogP contribution in [-0.4, -0.2) is 41.4 Å². The van der Waals surface area contributed by atoms with Gasteiger partial charge in [0.05, 0.1) is 17.2 Å². The minimum absolute atomic E-state index is 0.0332. The Morgan fingerprint density at radius 3 is 2.42 bits per heavy atom. The lowest BCUT2D eigenvalue weighted by atomic mass is 10.2. The van der Waals surface area contributed by atoms with Crippen molar-refractivity contribution in [3.8, 4) is 0 Å². The molecule has 0 spiro atoms. The van der Waals surface area contributed by atoms with Crippen LogP contribution in [0.5, 0.6) is 0 Å². The first-order chi connectivity index (χ1) is 8.59. The summed E-state index contributed by atoms with van der Waals surface area (Å²) in [5.41, 5.74) is 6.39. The number of sulfonamides is 1. The molecule has 1 aromatic rings. The summed E-state index contributed by atoms with van der Waals surface area (Å²) in [4.78, 5) is 0.230. The molecule has 8 heteroatoms. The molecule has 0 aliphatic heterocycles. The Morgan fingerprint density at radius 1 is 1.53 bits per heavy atom. The minimum Gasteiger partial charge on any atom is -0.388 e. The van der Waals surface area contributed by atoms with E-state index in [2.05, 4.69) is 5.10 Å². The van der Waals surface area contributed by atoms with Crippen LogP contribution in [0.15, 0.2) is 4.90 Å². The van der Waals surface area contributed by atoms with Crippen LogP contribution in [0.25, 0.3) is 0 Å². The Kier molecular flexibility index (Phi) is 4.36. The Labute approximate surface area is 114 Å². The van der Waals surface area contributed by atoms with Crippen molar-refractivity contribution in [2.24, 2.45) is 12.8 Å². The molecule has 1 heterocycles. The van der Waals surface area contributed by atoms with Gasteiger partial charge in [-0.2, -0.15) is 9.40 Å². The molecule has 1 unspecified atom stereocenters. The molecule has 3 N–H and O–H groups in total. The van der Waals surface area contributed by atoms with Crippen LogP contribution in [0.4, 0.5) is 0 Å². The normalized spacial score (nSPS) is 13.8. The van der Waals surface area contributed by atoms with Crippen LogP contribution < -0.4 is 5.73 Å². The number of hydrogen-bond donors (Lipinski definition) is 2. The van der Waals surface area contributed by atoms with E-state index >= 15 is 0 Å². The highest BCUT2D eigenvalue weighted by atomic mass is 32.2. The van der Waals surface area contributed by atoms with Crippen molar-refractivity contribution in [3.63, 3.8) is 0 Å². The number of amidine groups is 1. The van der Waals surface area contributed by atoms with E-state index in [1.807, 2.05) is 0 Å². The molecule has 0 aliphatic carbocycles. The number of nitrogens with zero attached hydrogens (tertiary/aromatic N) is 3. The first-order valence-electron chi connectivity index (χ1n) is 5.90. The lowest BCUT2D eigenvalue weighted by Crippen LogP contribution is -2.38. The first-order valence-corrected chi connectivity index (χ1v) is 7.34. The third-order valence-corrected chi connectivity index (χ3v) is 5.44. The molecular weight excluding hydrogens is 266 g/mol. The Morgan fingerprint density at radius 2 is 2.05 bits per heavy atom. The van der Waals surface area contributed by atoms with E-state index in [0.29, 0.717) is 11.4 Å². The molecule has 1 rings (SSSR count). The van der Waals surface area contributed by atoms with Gasteiger partial charge < -0.3 is 5.73 Å². The summed E-state index contributed by atoms with van der Waals surface area (Å²) in [6.45, 7) is 5.11. The summed E-state index contributed by atoms with van der Waals surface area (Å²) in [5.74, 6) is -0.0332. The van der Waals surface area contributed by atoms with Gasteiger partial charge in [0.25, 0.3) is 0 Å². The maximum absolute atomic E-state index is 12.6. The predicted octanol–water partition coefficient (Wildman–Crippen LogP) is 0.372. The Bertz CT molecular complexity index is 590. The standard InChI is InChI=1S/C11H21N5O2S/c1-7(6-10(12)13)16(5)19(17,18)11-8(2)14-15(4)9(11)3/h7H,6H2,1-5H3,(H3,12,13). The zero-order valence-electron chi connectivity index (χ0n) is 11.9. The van der Waals surface area contributed by atoms with Crippen molar-refractivity contribution >= 4 is 15.9 Å². The molecular formula is C11H21N5O2S. The lowest BCUT2D eigenvalue weighted by molar-refractivity contribution is 0.395. The molecule has 19 heavy (non-hydrogen) atoms. The topological polar surface area (TPSA) is 105 Å². The molecule has 0 amide bonds. The second kappa shape index (κ2) is 5.30. The van der Waals surface area contributed by atoms with Gasteiger partial charge in [-0.05, 0) is 20.8 Å². The zero-order valence-corrected chi connectivity index (χ0v) is 12.7. The summed E-state index contributed by atoms with van der Waals surface area (Å²) >= 11 is 0. The van der Waals surface area contributed by atoms with Gasteiger partial charge in [-0.1, -0.05) is 0 Å². The van der Waals surface area contributed by atoms with Crippen LogP contribution >= 0.6 is 0 Å². The van der Waals surface area contributed by atoms with Crippen molar-refractivity contribution in [1.29, 1.82) is 5.41 Å². The number of hydrogen-bond acceptors (Lipinski definition) is 4. The van der Waals surface area contributed by atoms with E-state index in [9.17, 15) is 8.42 Å². The molecule has 0 radical (unpaired) electrons. The summed E-state index contributed by atoms with van der Waals surface area (Å²) < 4.78 is 27.9. The van der Waals surface area contributed by atoms with Gasteiger partial charge in [-0.15, -0.1) is 0 Å². The molecule has 1 aromatic heterocycles. The molecule has 1 atom stereocenters. The largest absolute Gasteiger partial charge is 0.388 e. The van der Waals surface area contributed by atoms with E-state index in [0.717, 1.165) is 0 Å². The van der Waals surface area contributed by atoms with Gasteiger partial charge in [0.2, 0.25) is 10.0 Å². The Balaban J connectivity index is 3.20. The monoisotopic (exact) mass is 287 g/mol. The maximum atomic E-state index is 12.6. The second-order valence-corrected chi connectivity index (χ2v) is 6.66. The van der Waals surface area contributed by atoms with Crippen molar-refractivity contribution in [1.82, 2.24) is 14.1 Å². The van der Waals surface area contributed by atoms with Crippen molar-refractivity contribution in [3.05, 3.63) is 11.4 Å². The third-order valence-electron chi connectivity index (χ3n) is 3.22. The maximum Gasteiger partial charge on any atom is 0.246 e. The third kappa shape index (κ3) is 2.95. The fraction of sp³-hybridized carbons (Fsp3) is 0.636. The quantitative estimate of drug-likeness (QED) is 0.603. The van der Waals surface area contributed by atoms with Crippen molar-refractivity contribution in [2.45, 2.75) is 38.1 Å². The number of nitrogens with two attached hydrogens (primary N) is 1. The smallest absolute Gasteiger partial charge is 0.246 e. The molecule has 0 fully saturated rings. The highest BCUT2D eigenvalue weighted by Crippen LogP contribution is 2.23. The number of aryl methyl sites for hydroxylation is 2. The predicted molar refractivity (Wildman–Crippen MR) is 73.6 cm³/mol. The van der Waals surface area contributed by atoms with Crippen LogP contribution in [0, 0.1) is 19.3 Å². The van der Waals surface area contributed by atoms with E-state index in [1.165, 1.54) is 11.4 Å². The Hall–Kier alpha value is -1.41. The number of aromatic nitrogens is 2. The first kappa shape index (κ1) is 15.6. The molecule has 0 aliphatic rings. The lowest BCUT2D eigenvalue weighted by Gasteiger charge is -2.24. The van der Waals surface area contributed by atoms with E-state index in [4.69, 9.17) is 11.1 Å². The van der Waals surface area contributed by atoms with Crippen LogP contribution in [0.1, 0.15) is 24.7 Å². The second-order valence-electron chi connectivity index (χ2n) is 4.72. The van der Waals surface area contributed by atoms with Gasteiger partial charge in [-0.3, -0.25) is 10.1 Å². The highest BCUT2D eigenvalue weighted by molar-refractivity contribution is 7.89. The van der Waals surface area contributed by atoms with Crippen molar-refractivity contribution in [2.75, 3.05) is 7.05 Å². The minimum atomic E-state index is -3.63. The fourth-order valence-electron chi connectivity index (χ4n) is 1.96. The summed E-state index contributed by atoms with van der Waals surface area (Å²) in [6, 6.07) is -0.374. The average Bonchev–Trinajstić information content (AvgIpc) is 2.51. The SMILES string of the molecule is Cc1nn(C)c(C)c1S(=O)(=O)N(C)C(C)CC(=N)N. The number of rotatable bonds is 5. The van der Waals surface area contributed by atoms with Crippen molar-refractivity contribution < 1.29 is 8.42 Å².